The van der Waals surface area contributed by atoms with Gasteiger partial charge in [0.25, 0.3) is 0 Å². The molecule has 0 radical (unpaired) electrons. The summed E-state index contributed by atoms with van der Waals surface area (Å²) in [7, 11) is 0. The molecule has 48 valence electrons. The quantitative estimate of drug-likeness (QED) is 0.421. The monoisotopic (exact) mass is 134 g/mol. The summed E-state index contributed by atoms with van der Waals surface area (Å²) in [5.41, 5.74) is 0. The molecule has 0 aliphatic carbocycles. The molecule has 0 atom stereocenters. The first-order valence-corrected chi connectivity index (χ1v) is 2.21. The maximum absolute atomic E-state index is 4.90. The van der Waals surface area contributed by atoms with Crippen LogP contribution in [0.15, 0.2) is 25.3 Å². The second-order valence-corrected chi connectivity index (χ2v) is 1.11. The summed E-state index contributed by atoms with van der Waals surface area (Å²) in [5, 5.41) is 0. The lowest BCUT2D eigenvalue weighted by Gasteiger charge is -1.89. The summed E-state index contributed by atoms with van der Waals surface area (Å²) in [5.74, 6) is 0. The van der Waals surface area contributed by atoms with E-state index in [0.29, 0.717) is 13.2 Å². The minimum atomic E-state index is 0. The normalized spacial score (nSPS) is 7.00. The lowest BCUT2D eigenvalue weighted by molar-refractivity contribution is 0.194. The minimum absolute atomic E-state index is 0. The van der Waals surface area contributed by atoms with Crippen molar-refractivity contribution in [3.05, 3.63) is 25.3 Å². The average molecular weight is 135 g/mol. The highest BCUT2D eigenvalue weighted by atomic mass is 35.5. The molecule has 0 aliphatic rings. The second-order valence-electron chi connectivity index (χ2n) is 1.11. The SMILES string of the molecule is C=CCOCC=C.Cl. The van der Waals surface area contributed by atoms with Crippen LogP contribution in [0.2, 0.25) is 0 Å². The molecular weight excluding hydrogens is 124 g/mol. The summed E-state index contributed by atoms with van der Waals surface area (Å²) in [6.07, 6.45) is 3.42. The van der Waals surface area contributed by atoms with E-state index >= 15 is 0 Å². The molecule has 0 heterocycles. The molecule has 0 N–H and O–H groups in total. The van der Waals surface area contributed by atoms with Crippen molar-refractivity contribution in [3.63, 3.8) is 0 Å². The van der Waals surface area contributed by atoms with Gasteiger partial charge in [0.05, 0.1) is 13.2 Å². The van der Waals surface area contributed by atoms with Crippen molar-refractivity contribution < 1.29 is 4.74 Å². The van der Waals surface area contributed by atoms with Gasteiger partial charge in [0.2, 0.25) is 0 Å². The highest BCUT2D eigenvalue weighted by Crippen LogP contribution is 1.72. The van der Waals surface area contributed by atoms with Gasteiger partial charge in [-0.25, -0.2) is 0 Å². The third kappa shape index (κ3) is 9.21. The van der Waals surface area contributed by atoms with Crippen molar-refractivity contribution in [3.8, 4) is 0 Å². The smallest absolute Gasteiger partial charge is 0.0649 e. The minimum Gasteiger partial charge on any atom is -0.373 e. The first-order valence-electron chi connectivity index (χ1n) is 2.21. The Hall–Kier alpha value is -0.270. The zero-order chi connectivity index (χ0) is 5.54. The molecule has 0 saturated heterocycles. The van der Waals surface area contributed by atoms with Crippen LogP contribution in [0.3, 0.4) is 0 Å². The van der Waals surface area contributed by atoms with E-state index in [1.807, 2.05) is 0 Å². The van der Waals surface area contributed by atoms with Gasteiger partial charge in [-0.2, -0.15) is 0 Å². The van der Waals surface area contributed by atoms with Crippen LogP contribution >= 0.6 is 12.4 Å². The molecule has 0 unspecified atom stereocenters. The predicted octanol–water partition coefficient (Wildman–Crippen LogP) is 1.80. The molecular formula is C6H11ClO. The van der Waals surface area contributed by atoms with Crippen LogP contribution in [0.4, 0.5) is 0 Å². The highest BCUT2D eigenvalue weighted by Gasteiger charge is 1.70. The fraction of sp³-hybridized carbons (Fsp3) is 0.333. The lowest BCUT2D eigenvalue weighted by atomic mass is 10.6. The van der Waals surface area contributed by atoms with E-state index < -0.39 is 0 Å². The Morgan fingerprint density at radius 3 is 1.75 bits per heavy atom. The van der Waals surface area contributed by atoms with Crippen molar-refractivity contribution in [2.75, 3.05) is 13.2 Å². The third-order valence-electron chi connectivity index (χ3n) is 0.471. The Labute approximate surface area is 56.5 Å². The van der Waals surface area contributed by atoms with Gasteiger partial charge in [0, 0.05) is 0 Å². The Bertz CT molecular complexity index is 53.5. The zero-order valence-electron chi connectivity index (χ0n) is 4.80. The van der Waals surface area contributed by atoms with Gasteiger partial charge in [-0.05, 0) is 0 Å². The molecule has 0 aromatic rings. The summed E-state index contributed by atoms with van der Waals surface area (Å²) in [6, 6.07) is 0. The van der Waals surface area contributed by atoms with E-state index in [9.17, 15) is 0 Å². The molecule has 2 heteroatoms. The molecule has 0 aliphatic heterocycles. The maximum atomic E-state index is 4.90. The van der Waals surface area contributed by atoms with Gasteiger partial charge in [-0.3, -0.25) is 0 Å². The molecule has 0 aromatic carbocycles. The van der Waals surface area contributed by atoms with E-state index in [4.69, 9.17) is 4.74 Å². The molecule has 0 saturated carbocycles. The van der Waals surface area contributed by atoms with E-state index in [0.717, 1.165) is 0 Å². The standard InChI is InChI=1S/C6H10O.ClH/c1-3-5-7-6-4-2;/h3-4H,1-2,5-6H2;1H. The van der Waals surface area contributed by atoms with Gasteiger partial charge in [-0.15, -0.1) is 25.6 Å². The van der Waals surface area contributed by atoms with Crippen molar-refractivity contribution in [1.29, 1.82) is 0 Å². The summed E-state index contributed by atoms with van der Waals surface area (Å²) < 4.78 is 4.90. The van der Waals surface area contributed by atoms with E-state index in [1.54, 1.807) is 12.2 Å². The van der Waals surface area contributed by atoms with Gasteiger partial charge >= 0.3 is 0 Å². The second kappa shape index (κ2) is 9.88. The van der Waals surface area contributed by atoms with E-state index in [1.165, 1.54) is 0 Å². The van der Waals surface area contributed by atoms with Crippen LogP contribution in [0.25, 0.3) is 0 Å². The Kier molecular flexibility index (Phi) is 13.2. The number of halogens is 1. The van der Waals surface area contributed by atoms with Gasteiger partial charge in [-0.1, -0.05) is 12.2 Å². The van der Waals surface area contributed by atoms with E-state index in [-0.39, 0.29) is 12.4 Å². The molecule has 0 bridgehead atoms. The number of ether oxygens (including phenoxy) is 1. The third-order valence-corrected chi connectivity index (χ3v) is 0.471. The van der Waals surface area contributed by atoms with Gasteiger partial charge in [0.15, 0.2) is 0 Å². The van der Waals surface area contributed by atoms with Crippen LogP contribution in [0.5, 0.6) is 0 Å². The number of rotatable bonds is 4. The maximum Gasteiger partial charge on any atom is 0.0649 e. The average Bonchev–Trinajstić information content (AvgIpc) is 1.69. The first-order chi connectivity index (χ1) is 3.41. The fourth-order valence-corrected chi connectivity index (χ4v) is 0.235. The van der Waals surface area contributed by atoms with Crippen molar-refractivity contribution in [2.24, 2.45) is 0 Å². The molecule has 8 heavy (non-hydrogen) atoms. The van der Waals surface area contributed by atoms with Crippen LogP contribution in [-0.2, 0) is 4.74 Å². The lowest BCUT2D eigenvalue weighted by Crippen LogP contribution is -1.87. The number of hydrogen-bond acceptors (Lipinski definition) is 1. The Balaban J connectivity index is 0. The van der Waals surface area contributed by atoms with Crippen molar-refractivity contribution in [1.82, 2.24) is 0 Å². The molecule has 0 rings (SSSR count). The first kappa shape index (κ1) is 10.7. The summed E-state index contributed by atoms with van der Waals surface area (Å²) in [4.78, 5) is 0. The summed E-state index contributed by atoms with van der Waals surface area (Å²) in [6.45, 7) is 8.18. The Morgan fingerprint density at radius 1 is 1.12 bits per heavy atom. The molecule has 0 spiro atoms. The molecule has 0 amide bonds. The number of hydrogen-bond donors (Lipinski definition) is 0. The largest absolute Gasteiger partial charge is 0.373 e. The predicted molar refractivity (Wildman–Crippen MR) is 38.5 cm³/mol. The molecule has 0 fully saturated rings. The van der Waals surface area contributed by atoms with Crippen LogP contribution < -0.4 is 0 Å². The summed E-state index contributed by atoms with van der Waals surface area (Å²) >= 11 is 0. The van der Waals surface area contributed by atoms with Gasteiger partial charge < -0.3 is 4.74 Å². The highest BCUT2D eigenvalue weighted by molar-refractivity contribution is 5.85. The molecule has 0 aromatic heterocycles. The van der Waals surface area contributed by atoms with Crippen molar-refractivity contribution >= 4 is 12.4 Å². The van der Waals surface area contributed by atoms with Gasteiger partial charge in [0.1, 0.15) is 0 Å². The van der Waals surface area contributed by atoms with Crippen LogP contribution in [0.1, 0.15) is 0 Å². The van der Waals surface area contributed by atoms with Crippen LogP contribution in [0, 0.1) is 0 Å². The zero-order valence-corrected chi connectivity index (χ0v) is 5.62. The molecule has 1 nitrogen and oxygen atoms in total. The van der Waals surface area contributed by atoms with Crippen LogP contribution in [-0.4, -0.2) is 13.2 Å². The van der Waals surface area contributed by atoms with Crippen molar-refractivity contribution in [2.45, 2.75) is 0 Å². The fourth-order valence-electron chi connectivity index (χ4n) is 0.235. The van der Waals surface area contributed by atoms with E-state index in [2.05, 4.69) is 13.2 Å². The topological polar surface area (TPSA) is 9.23 Å². The Morgan fingerprint density at radius 2 is 1.50 bits per heavy atom.